The molecule has 16 heteroatoms. The minimum absolute atomic E-state index is 0.0562. The molecule has 0 spiro atoms. The van der Waals surface area contributed by atoms with Gasteiger partial charge in [-0.2, -0.15) is 26.3 Å². The summed E-state index contributed by atoms with van der Waals surface area (Å²) in [5.41, 5.74) is 8.93. The number of hydrogen-bond acceptors (Lipinski definition) is 4. The fourth-order valence-electron chi connectivity index (χ4n) is 10.3. The predicted molar refractivity (Wildman–Crippen MR) is 221 cm³/mol. The Kier molecular flexibility index (Phi) is 11.5. The van der Waals surface area contributed by atoms with E-state index in [9.17, 15) is 46.1 Å². The van der Waals surface area contributed by atoms with E-state index in [1.165, 1.54) is 21.9 Å². The highest BCUT2D eigenvalue weighted by Crippen LogP contribution is 2.41. The molecule has 2 fully saturated rings. The molecule has 0 bridgehead atoms. The monoisotopic (exact) mass is 863 g/mol. The standard InChI is InChI=1S/C46H48F6N6O4/c1-26-14-28(3)42-34(8-11-53-42)36(26)16-31-10-13-55(24-45(47,48)49)21-39(31)33-19-57(23-41(59)60)58(20-33)40-15-27(2)37(35-9-12-54-43(35)40)17-32-18-56(25-46(50,51)52)22-38(32)29-4-6-30(7-5-29)44(61)62/h4-9,11-12,14-15,19-20,31-32,38-39,53-54H,10,13,16-18,21-25H2,1-3H3,(H-,59,60,61,62)/p+1/t31?,32-,38+,39?/m1/s1. The molecule has 2 aliphatic rings. The molecule has 6 aromatic rings. The van der Waals surface area contributed by atoms with Gasteiger partial charge in [0.1, 0.15) is 5.52 Å². The largest absolute Gasteiger partial charge is 0.480 e. The molecule has 0 amide bonds. The van der Waals surface area contributed by atoms with Crippen molar-refractivity contribution >= 4 is 33.7 Å². The zero-order valence-corrected chi connectivity index (χ0v) is 34.6. The molecule has 0 radical (unpaired) electrons. The van der Waals surface area contributed by atoms with Crippen LogP contribution in [0.25, 0.3) is 27.5 Å². The van der Waals surface area contributed by atoms with Gasteiger partial charge < -0.3 is 20.2 Å². The van der Waals surface area contributed by atoms with Crippen molar-refractivity contribution in [2.45, 2.75) is 70.8 Å². The van der Waals surface area contributed by atoms with Crippen molar-refractivity contribution in [3.63, 3.8) is 0 Å². The summed E-state index contributed by atoms with van der Waals surface area (Å²) in [4.78, 5) is 33.4. The van der Waals surface area contributed by atoms with E-state index in [0.29, 0.717) is 36.0 Å². The summed E-state index contributed by atoms with van der Waals surface area (Å²) >= 11 is 0. The number of nitrogens with zero attached hydrogens (tertiary/aromatic N) is 4. The number of piperidine rings is 1. The van der Waals surface area contributed by atoms with Gasteiger partial charge in [0.25, 0.3) is 5.69 Å². The fraction of sp³-hybridized carbons (Fsp3) is 0.413. The van der Waals surface area contributed by atoms with E-state index in [1.807, 2.05) is 44.4 Å². The van der Waals surface area contributed by atoms with Crippen LogP contribution in [-0.4, -0.2) is 98.2 Å². The normalized spacial score (nSPS) is 20.5. The minimum atomic E-state index is -4.40. The van der Waals surface area contributed by atoms with Gasteiger partial charge in [-0.15, -0.1) is 4.68 Å². The number of nitrogens with one attached hydrogen (secondary N) is 2. The first-order valence-electron chi connectivity index (χ1n) is 20.7. The van der Waals surface area contributed by atoms with Gasteiger partial charge in [-0.1, -0.05) is 22.9 Å². The molecular formula is C46H49F6N6O4+. The first kappa shape index (κ1) is 43.1. The van der Waals surface area contributed by atoms with Gasteiger partial charge in [-0.25, -0.2) is 4.79 Å². The van der Waals surface area contributed by atoms with Crippen molar-refractivity contribution in [1.82, 2.24) is 24.4 Å². The molecule has 2 aliphatic heterocycles. The van der Waals surface area contributed by atoms with Crippen molar-refractivity contribution in [2.24, 2.45) is 11.8 Å². The molecule has 5 heterocycles. The van der Waals surface area contributed by atoms with Crippen molar-refractivity contribution in [2.75, 3.05) is 39.3 Å². The number of likely N-dealkylation sites (tertiary alicyclic amines) is 2. The second kappa shape index (κ2) is 16.6. The third-order valence-electron chi connectivity index (χ3n) is 13.0. The van der Waals surface area contributed by atoms with E-state index in [4.69, 9.17) is 0 Å². The summed E-state index contributed by atoms with van der Waals surface area (Å²) in [6.45, 7) is 4.17. The molecule has 2 unspecified atom stereocenters. The van der Waals surface area contributed by atoms with Crippen molar-refractivity contribution < 1.29 is 50.8 Å². The SMILES string of the molecule is Cc1cc(C)c2[nH]ccc2c1CC1CCN(CC(F)(F)F)CC1c1cn(CC(=O)O)[n+](-c2cc(C)c(C[C@@H]3CN(CC(F)(F)F)C[C@H]3c3ccc(C(=O)O)cc3)c3cc[nH]c23)c1. The van der Waals surface area contributed by atoms with Gasteiger partial charge in [0.15, 0.2) is 6.54 Å². The zero-order chi connectivity index (χ0) is 44.2. The number of carbonyl (C=O) groups is 2. The smallest absolute Gasteiger partial charge is 0.401 e. The summed E-state index contributed by atoms with van der Waals surface area (Å²) in [6.07, 6.45) is -0.0278. The summed E-state index contributed by atoms with van der Waals surface area (Å²) < 4.78 is 85.9. The molecule has 62 heavy (non-hydrogen) atoms. The number of benzene rings is 3. The summed E-state index contributed by atoms with van der Waals surface area (Å²) in [5, 5.41) is 21.4. The highest BCUT2D eigenvalue weighted by Gasteiger charge is 2.42. The third kappa shape index (κ3) is 8.98. The van der Waals surface area contributed by atoms with Crippen LogP contribution in [0.4, 0.5) is 26.3 Å². The highest BCUT2D eigenvalue weighted by atomic mass is 19.4. The molecule has 328 valence electrons. The number of aryl methyl sites for hydroxylation is 3. The number of hydrogen-bond donors (Lipinski definition) is 4. The lowest BCUT2D eigenvalue weighted by molar-refractivity contribution is -0.682. The Morgan fingerprint density at radius 3 is 1.95 bits per heavy atom. The van der Waals surface area contributed by atoms with Crippen molar-refractivity contribution in [3.05, 3.63) is 118 Å². The van der Waals surface area contributed by atoms with Gasteiger partial charge in [-0.3, -0.25) is 14.6 Å². The minimum Gasteiger partial charge on any atom is -0.480 e. The molecule has 3 aromatic carbocycles. The second-order valence-electron chi connectivity index (χ2n) is 17.3. The predicted octanol–water partition coefficient (Wildman–Crippen LogP) is 8.47. The first-order valence-corrected chi connectivity index (χ1v) is 20.7. The molecule has 0 aliphatic carbocycles. The van der Waals surface area contributed by atoms with E-state index >= 15 is 0 Å². The highest BCUT2D eigenvalue weighted by molar-refractivity contribution is 5.90. The molecule has 2 saturated heterocycles. The van der Waals surface area contributed by atoms with Crippen LogP contribution in [0.15, 0.2) is 73.3 Å². The average molecular weight is 864 g/mol. The maximum atomic E-state index is 13.8. The quantitative estimate of drug-likeness (QED) is 0.0724. The summed E-state index contributed by atoms with van der Waals surface area (Å²) in [5.74, 6) is -3.19. The lowest BCUT2D eigenvalue weighted by atomic mass is 9.77. The van der Waals surface area contributed by atoms with E-state index in [-0.39, 0.29) is 55.4 Å². The van der Waals surface area contributed by atoms with Gasteiger partial charge in [0, 0.05) is 71.8 Å². The molecule has 8 rings (SSSR count). The van der Waals surface area contributed by atoms with Crippen LogP contribution < -0.4 is 4.68 Å². The molecular weight excluding hydrogens is 815 g/mol. The Balaban J connectivity index is 1.17. The van der Waals surface area contributed by atoms with Crippen LogP contribution in [0.2, 0.25) is 0 Å². The van der Waals surface area contributed by atoms with Crippen LogP contribution in [0.1, 0.15) is 67.6 Å². The Bertz CT molecular complexity index is 2630. The summed E-state index contributed by atoms with van der Waals surface area (Å²) in [6, 6.07) is 14.3. The number of halogens is 6. The van der Waals surface area contributed by atoms with Gasteiger partial charge in [-0.05, 0) is 116 Å². The van der Waals surface area contributed by atoms with Crippen LogP contribution in [0, 0.1) is 32.6 Å². The lowest BCUT2D eigenvalue weighted by Crippen LogP contribution is -2.44. The van der Waals surface area contributed by atoms with Gasteiger partial charge in [0.05, 0.1) is 24.8 Å². The Morgan fingerprint density at radius 2 is 1.31 bits per heavy atom. The fourth-order valence-corrected chi connectivity index (χ4v) is 10.3. The number of rotatable bonds is 12. The van der Waals surface area contributed by atoms with Crippen LogP contribution >= 0.6 is 0 Å². The number of aromatic amines is 2. The molecule has 4 atom stereocenters. The number of aromatic nitrogens is 4. The Hall–Kier alpha value is -5.61. The van der Waals surface area contributed by atoms with Crippen LogP contribution in [-0.2, 0) is 24.2 Å². The summed E-state index contributed by atoms with van der Waals surface area (Å²) in [7, 11) is 0. The number of H-pyrrole nitrogens is 2. The third-order valence-corrected chi connectivity index (χ3v) is 13.0. The molecule has 0 saturated carbocycles. The Labute approximate surface area is 353 Å². The first-order chi connectivity index (χ1) is 29.3. The zero-order valence-electron chi connectivity index (χ0n) is 34.6. The number of aromatic carboxylic acids is 1. The average Bonchev–Trinajstić information content (AvgIpc) is 4.01. The maximum Gasteiger partial charge on any atom is 0.401 e. The molecule has 10 nitrogen and oxygen atoms in total. The van der Waals surface area contributed by atoms with E-state index in [2.05, 4.69) is 23.0 Å². The van der Waals surface area contributed by atoms with Crippen LogP contribution in [0.3, 0.4) is 0 Å². The molecule has 3 aromatic heterocycles. The van der Waals surface area contributed by atoms with E-state index in [1.54, 1.807) is 33.9 Å². The lowest BCUT2D eigenvalue weighted by Gasteiger charge is -2.38. The van der Waals surface area contributed by atoms with E-state index < -0.39 is 43.9 Å². The van der Waals surface area contributed by atoms with Gasteiger partial charge >= 0.3 is 24.3 Å². The van der Waals surface area contributed by atoms with Gasteiger partial charge in [0.2, 0.25) is 6.20 Å². The maximum absolute atomic E-state index is 13.8. The molecule has 4 N–H and O–H groups in total. The van der Waals surface area contributed by atoms with E-state index in [0.717, 1.165) is 49.7 Å². The number of alkyl halides is 6. The number of carboxylic acids is 2. The number of aliphatic carboxylic acids is 1. The topological polar surface area (TPSA) is 121 Å². The van der Waals surface area contributed by atoms with Crippen molar-refractivity contribution in [3.8, 4) is 5.69 Å². The van der Waals surface area contributed by atoms with Crippen molar-refractivity contribution in [1.29, 1.82) is 0 Å². The number of fused-ring (bicyclic) bond motifs is 2. The van der Waals surface area contributed by atoms with Crippen LogP contribution in [0.5, 0.6) is 0 Å². The number of carboxylic acid groups (broad SMARTS) is 2. The second-order valence-corrected chi connectivity index (χ2v) is 17.3. The Morgan fingerprint density at radius 1 is 0.726 bits per heavy atom.